The van der Waals surface area contributed by atoms with Crippen LogP contribution in [0.4, 0.5) is 5.69 Å². The molecule has 1 aromatic carbocycles. The van der Waals surface area contributed by atoms with Gasteiger partial charge in [-0.2, -0.15) is 0 Å². The van der Waals surface area contributed by atoms with Gasteiger partial charge in [-0.25, -0.2) is 0 Å². The maximum absolute atomic E-state index is 9.32. The smallest absolute Gasteiger partial charge is 0.0499 e. The molecule has 1 aromatic rings. The van der Waals surface area contributed by atoms with Crippen molar-refractivity contribution in [1.29, 1.82) is 0 Å². The van der Waals surface area contributed by atoms with Crippen molar-refractivity contribution in [3.63, 3.8) is 0 Å². The molecule has 0 radical (unpaired) electrons. The van der Waals surface area contributed by atoms with E-state index < -0.39 is 0 Å². The molecule has 0 aliphatic heterocycles. The molecular weight excluding hydrogens is 210 g/mol. The molecule has 0 unspecified atom stereocenters. The van der Waals surface area contributed by atoms with E-state index in [2.05, 4.69) is 44.0 Å². The molecule has 2 nitrogen and oxygen atoms in total. The summed E-state index contributed by atoms with van der Waals surface area (Å²) >= 11 is 0. The molecule has 0 heterocycles. The lowest BCUT2D eigenvalue weighted by Gasteiger charge is -2.30. The zero-order valence-electron chi connectivity index (χ0n) is 11.2. The number of aryl methyl sites for hydroxylation is 2. The first kappa shape index (κ1) is 12.4. The van der Waals surface area contributed by atoms with Gasteiger partial charge in [0.25, 0.3) is 0 Å². The summed E-state index contributed by atoms with van der Waals surface area (Å²) in [6.07, 6.45) is 3.76. The van der Waals surface area contributed by atoms with E-state index in [1.54, 1.807) is 0 Å². The molecule has 0 spiro atoms. The summed E-state index contributed by atoms with van der Waals surface area (Å²) in [7, 11) is 2.11. The second kappa shape index (κ2) is 4.69. The predicted octanol–water partition coefficient (Wildman–Crippen LogP) is 2.63. The highest BCUT2D eigenvalue weighted by Gasteiger charge is 2.20. The van der Waals surface area contributed by atoms with Crippen LogP contribution in [0, 0.1) is 5.41 Å². The average Bonchev–Trinajstić information content (AvgIpc) is 2.75. The third-order valence-corrected chi connectivity index (χ3v) is 3.62. The van der Waals surface area contributed by atoms with Crippen LogP contribution in [0.5, 0.6) is 0 Å². The molecule has 17 heavy (non-hydrogen) atoms. The molecule has 0 atom stereocenters. The Bertz CT molecular complexity index is 398. The van der Waals surface area contributed by atoms with Crippen molar-refractivity contribution in [2.75, 3.05) is 25.1 Å². The first-order valence-corrected chi connectivity index (χ1v) is 6.46. The molecule has 1 aliphatic carbocycles. The monoisotopic (exact) mass is 233 g/mol. The third kappa shape index (κ3) is 2.81. The lowest BCUT2D eigenvalue weighted by atomic mass is 9.94. The van der Waals surface area contributed by atoms with Gasteiger partial charge in [0.05, 0.1) is 0 Å². The van der Waals surface area contributed by atoms with Crippen LogP contribution in [0.1, 0.15) is 31.4 Å². The Hall–Kier alpha value is -1.02. The van der Waals surface area contributed by atoms with Gasteiger partial charge in [-0.1, -0.05) is 19.9 Å². The van der Waals surface area contributed by atoms with E-state index in [0.717, 1.165) is 6.54 Å². The van der Waals surface area contributed by atoms with Gasteiger partial charge in [0, 0.05) is 31.3 Å². The van der Waals surface area contributed by atoms with Crippen molar-refractivity contribution >= 4 is 5.69 Å². The normalized spacial score (nSPS) is 14.8. The zero-order chi connectivity index (χ0) is 12.5. The number of hydrogen-bond donors (Lipinski definition) is 1. The summed E-state index contributed by atoms with van der Waals surface area (Å²) in [6, 6.07) is 6.79. The van der Waals surface area contributed by atoms with Crippen molar-refractivity contribution < 1.29 is 5.11 Å². The van der Waals surface area contributed by atoms with Gasteiger partial charge in [0.15, 0.2) is 0 Å². The Balaban J connectivity index is 2.12. The topological polar surface area (TPSA) is 23.5 Å². The molecule has 0 saturated carbocycles. The molecule has 0 bridgehead atoms. The molecule has 2 heteroatoms. The average molecular weight is 233 g/mol. The minimum atomic E-state index is -0.0479. The highest BCUT2D eigenvalue weighted by Crippen LogP contribution is 2.27. The molecule has 1 N–H and O–H groups in total. The Kier molecular flexibility index (Phi) is 3.43. The number of nitrogens with zero attached hydrogens (tertiary/aromatic N) is 1. The highest BCUT2D eigenvalue weighted by atomic mass is 16.3. The fourth-order valence-electron chi connectivity index (χ4n) is 2.58. The standard InChI is InChI=1S/C15H23NO/c1-15(2,11-17)10-16(3)14-8-7-12-5-4-6-13(12)9-14/h7-9,17H,4-6,10-11H2,1-3H3. The maximum Gasteiger partial charge on any atom is 0.0499 e. The maximum atomic E-state index is 9.32. The second-order valence-corrected chi connectivity index (χ2v) is 5.98. The van der Waals surface area contributed by atoms with Crippen molar-refractivity contribution in [1.82, 2.24) is 0 Å². The van der Waals surface area contributed by atoms with Gasteiger partial charge in [-0.05, 0) is 42.5 Å². The molecule has 0 aromatic heterocycles. The van der Waals surface area contributed by atoms with Crippen molar-refractivity contribution in [2.45, 2.75) is 33.1 Å². The quantitative estimate of drug-likeness (QED) is 0.864. The first-order valence-electron chi connectivity index (χ1n) is 6.46. The minimum Gasteiger partial charge on any atom is -0.396 e. The fraction of sp³-hybridized carbons (Fsp3) is 0.600. The van der Waals surface area contributed by atoms with Crippen LogP contribution >= 0.6 is 0 Å². The summed E-state index contributed by atoms with van der Waals surface area (Å²) in [6.45, 7) is 5.29. The summed E-state index contributed by atoms with van der Waals surface area (Å²) in [4.78, 5) is 2.24. The Morgan fingerprint density at radius 2 is 1.94 bits per heavy atom. The molecule has 0 amide bonds. The van der Waals surface area contributed by atoms with Crippen LogP contribution in [0.15, 0.2) is 18.2 Å². The molecule has 0 fully saturated rings. The summed E-state index contributed by atoms with van der Waals surface area (Å²) < 4.78 is 0. The number of fused-ring (bicyclic) bond motifs is 1. The van der Waals surface area contributed by atoms with E-state index in [0.29, 0.717) is 0 Å². The summed E-state index contributed by atoms with van der Waals surface area (Å²) in [5, 5.41) is 9.32. The summed E-state index contributed by atoms with van der Waals surface area (Å²) in [5.41, 5.74) is 4.25. The van der Waals surface area contributed by atoms with Crippen molar-refractivity contribution in [3.05, 3.63) is 29.3 Å². The summed E-state index contributed by atoms with van der Waals surface area (Å²) in [5.74, 6) is 0. The van der Waals surface area contributed by atoms with E-state index in [9.17, 15) is 5.11 Å². The fourth-order valence-corrected chi connectivity index (χ4v) is 2.58. The number of rotatable bonds is 4. The number of aliphatic hydroxyl groups excluding tert-OH is 1. The largest absolute Gasteiger partial charge is 0.396 e. The number of hydrogen-bond acceptors (Lipinski definition) is 2. The Morgan fingerprint density at radius 3 is 2.65 bits per heavy atom. The Morgan fingerprint density at radius 1 is 1.24 bits per heavy atom. The van der Waals surface area contributed by atoms with Crippen LogP contribution in [0.25, 0.3) is 0 Å². The van der Waals surface area contributed by atoms with Crippen molar-refractivity contribution in [3.8, 4) is 0 Å². The first-order chi connectivity index (χ1) is 8.02. The molecule has 2 rings (SSSR count). The van der Waals surface area contributed by atoms with Crippen molar-refractivity contribution in [2.24, 2.45) is 5.41 Å². The number of aliphatic hydroxyl groups is 1. The zero-order valence-corrected chi connectivity index (χ0v) is 11.2. The molecule has 1 aliphatic rings. The third-order valence-electron chi connectivity index (χ3n) is 3.62. The Labute approximate surface area is 104 Å². The van der Waals surface area contributed by atoms with E-state index >= 15 is 0 Å². The van der Waals surface area contributed by atoms with E-state index in [-0.39, 0.29) is 12.0 Å². The highest BCUT2D eigenvalue weighted by molar-refractivity contribution is 5.51. The lowest BCUT2D eigenvalue weighted by Crippen LogP contribution is -2.33. The van der Waals surface area contributed by atoms with Gasteiger partial charge in [-0.3, -0.25) is 0 Å². The van der Waals surface area contributed by atoms with Gasteiger partial charge in [0.1, 0.15) is 0 Å². The van der Waals surface area contributed by atoms with E-state index in [1.807, 2.05) is 0 Å². The van der Waals surface area contributed by atoms with E-state index in [4.69, 9.17) is 0 Å². The minimum absolute atomic E-state index is 0.0479. The van der Waals surface area contributed by atoms with Crippen LogP contribution in [0.2, 0.25) is 0 Å². The predicted molar refractivity (Wildman–Crippen MR) is 72.6 cm³/mol. The van der Waals surface area contributed by atoms with Gasteiger partial charge < -0.3 is 10.0 Å². The molecular formula is C15H23NO. The number of benzene rings is 1. The van der Waals surface area contributed by atoms with Gasteiger partial charge in [0.2, 0.25) is 0 Å². The van der Waals surface area contributed by atoms with Crippen LogP contribution in [-0.2, 0) is 12.8 Å². The lowest BCUT2D eigenvalue weighted by molar-refractivity contribution is 0.165. The van der Waals surface area contributed by atoms with Gasteiger partial charge >= 0.3 is 0 Å². The SMILES string of the molecule is CN(CC(C)(C)CO)c1ccc2c(c1)CCC2. The van der Waals surface area contributed by atoms with Gasteiger partial charge in [-0.15, -0.1) is 0 Å². The number of anilines is 1. The molecule has 94 valence electrons. The van der Waals surface area contributed by atoms with Crippen LogP contribution < -0.4 is 4.90 Å². The van der Waals surface area contributed by atoms with E-state index in [1.165, 1.54) is 36.1 Å². The van der Waals surface area contributed by atoms with Crippen LogP contribution in [-0.4, -0.2) is 25.3 Å². The molecule has 0 saturated heterocycles. The second-order valence-electron chi connectivity index (χ2n) is 5.98. The van der Waals surface area contributed by atoms with Crippen LogP contribution in [0.3, 0.4) is 0 Å².